The summed E-state index contributed by atoms with van der Waals surface area (Å²) in [4.78, 5) is 25.9. The van der Waals surface area contributed by atoms with Crippen molar-refractivity contribution in [3.8, 4) is 6.07 Å². The van der Waals surface area contributed by atoms with E-state index in [0.29, 0.717) is 6.42 Å². The van der Waals surface area contributed by atoms with Gasteiger partial charge in [0, 0.05) is 18.3 Å². The first-order valence-electron chi connectivity index (χ1n) is 8.36. The second-order valence-corrected chi connectivity index (χ2v) is 6.59. The summed E-state index contributed by atoms with van der Waals surface area (Å²) in [6.07, 6.45) is 5.05. The van der Waals surface area contributed by atoms with E-state index >= 15 is 0 Å². The molecule has 0 amide bonds. The Kier molecular flexibility index (Phi) is 4.10. The predicted molar refractivity (Wildman–Crippen MR) is 86.6 cm³/mol. The molecular formula is C20H21NO2. The van der Waals surface area contributed by atoms with Gasteiger partial charge < -0.3 is 0 Å². The molecule has 1 aromatic carbocycles. The Morgan fingerprint density at radius 3 is 2.30 bits per heavy atom. The van der Waals surface area contributed by atoms with Crippen LogP contribution >= 0.6 is 0 Å². The third kappa shape index (κ3) is 2.32. The summed E-state index contributed by atoms with van der Waals surface area (Å²) in [6, 6.07) is 6.31. The third-order valence-corrected chi connectivity index (χ3v) is 5.30. The monoisotopic (exact) mass is 307 g/mol. The number of fused-ring (bicyclic) bond motifs is 1. The van der Waals surface area contributed by atoms with Gasteiger partial charge in [0.15, 0.2) is 11.6 Å². The van der Waals surface area contributed by atoms with Gasteiger partial charge in [0.25, 0.3) is 0 Å². The summed E-state index contributed by atoms with van der Waals surface area (Å²) in [6.45, 7) is 6.16. The zero-order valence-corrected chi connectivity index (χ0v) is 13.8. The predicted octanol–water partition coefficient (Wildman–Crippen LogP) is 3.21. The zero-order chi connectivity index (χ0) is 16.7. The molecule has 2 aliphatic rings. The number of nitriles is 1. The molecule has 0 heterocycles. The van der Waals surface area contributed by atoms with Crippen LogP contribution in [0.1, 0.15) is 48.4 Å². The van der Waals surface area contributed by atoms with Crippen LogP contribution in [0.2, 0.25) is 0 Å². The van der Waals surface area contributed by atoms with Crippen molar-refractivity contribution < 1.29 is 9.59 Å². The Hall–Kier alpha value is -1.95. The number of hydrogen-bond donors (Lipinski definition) is 0. The highest BCUT2D eigenvalue weighted by Gasteiger charge is 2.56. The van der Waals surface area contributed by atoms with Crippen LogP contribution in [0.25, 0.3) is 0 Å². The van der Waals surface area contributed by atoms with E-state index in [-0.39, 0.29) is 17.5 Å². The van der Waals surface area contributed by atoms with E-state index in [1.807, 2.05) is 6.92 Å². The molecule has 4 atom stereocenters. The van der Waals surface area contributed by atoms with E-state index in [0.717, 1.165) is 35.1 Å². The minimum Gasteiger partial charge on any atom is -0.298 e. The van der Waals surface area contributed by atoms with Gasteiger partial charge >= 0.3 is 0 Å². The Morgan fingerprint density at radius 1 is 1.17 bits per heavy atom. The van der Waals surface area contributed by atoms with Crippen molar-refractivity contribution in [3.05, 3.63) is 40.8 Å². The maximum absolute atomic E-state index is 13.0. The third-order valence-electron chi connectivity index (χ3n) is 5.30. The summed E-state index contributed by atoms with van der Waals surface area (Å²) >= 11 is 0. The molecule has 3 nitrogen and oxygen atoms in total. The minimum absolute atomic E-state index is 0.00139. The Labute approximate surface area is 137 Å². The molecule has 0 aliphatic heterocycles. The molecule has 2 aliphatic carbocycles. The Bertz CT molecular complexity index is 688. The van der Waals surface area contributed by atoms with Crippen molar-refractivity contribution in [2.24, 2.45) is 17.8 Å². The average Bonchev–Trinajstić information content (AvgIpc) is 3.07. The van der Waals surface area contributed by atoms with Crippen LogP contribution in [0, 0.1) is 42.4 Å². The van der Waals surface area contributed by atoms with Crippen LogP contribution in [0.5, 0.6) is 0 Å². The maximum atomic E-state index is 13.0. The first kappa shape index (κ1) is 15.9. The molecule has 23 heavy (non-hydrogen) atoms. The van der Waals surface area contributed by atoms with E-state index in [1.54, 1.807) is 0 Å². The van der Waals surface area contributed by atoms with Crippen LogP contribution in [0.3, 0.4) is 0 Å². The van der Waals surface area contributed by atoms with Gasteiger partial charge in [-0.15, -0.1) is 0 Å². The molecule has 0 saturated heterocycles. The normalized spacial score (nSPS) is 29.7. The van der Waals surface area contributed by atoms with E-state index in [2.05, 4.69) is 38.5 Å². The fourth-order valence-corrected chi connectivity index (χ4v) is 4.25. The molecular weight excluding hydrogens is 286 g/mol. The molecule has 3 heteroatoms. The molecule has 0 bridgehead atoms. The second kappa shape index (κ2) is 5.92. The number of benzene rings is 1. The van der Waals surface area contributed by atoms with Crippen molar-refractivity contribution in [2.75, 3.05) is 0 Å². The number of ketones is 2. The smallest absolute Gasteiger partial charge is 0.152 e. The quantitative estimate of drug-likeness (QED) is 0.806. The molecule has 2 fully saturated rings. The Morgan fingerprint density at radius 2 is 1.78 bits per heavy atom. The molecule has 0 spiro atoms. The molecule has 2 radical (unpaired) electrons. The van der Waals surface area contributed by atoms with Crippen molar-refractivity contribution >= 4 is 11.6 Å². The van der Waals surface area contributed by atoms with Crippen molar-refractivity contribution in [3.63, 3.8) is 0 Å². The van der Waals surface area contributed by atoms with Crippen LogP contribution in [0.15, 0.2) is 12.1 Å². The number of hydrogen-bond acceptors (Lipinski definition) is 3. The van der Waals surface area contributed by atoms with Gasteiger partial charge in [-0.1, -0.05) is 31.5 Å². The highest BCUT2D eigenvalue weighted by atomic mass is 16.2. The summed E-state index contributed by atoms with van der Waals surface area (Å²) < 4.78 is 0. The van der Waals surface area contributed by atoms with Crippen LogP contribution < -0.4 is 0 Å². The summed E-state index contributed by atoms with van der Waals surface area (Å²) in [5, 5.41) is 9.24. The molecule has 4 unspecified atom stereocenters. The molecule has 3 rings (SSSR count). The summed E-state index contributed by atoms with van der Waals surface area (Å²) in [7, 11) is 0. The number of nitrogens with zero attached hydrogens (tertiary/aromatic N) is 1. The van der Waals surface area contributed by atoms with Crippen LogP contribution in [-0.4, -0.2) is 11.6 Å². The van der Waals surface area contributed by atoms with Crippen molar-refractivity contribution in [1.82, 2.24) is 0 Å². The SMILES string of the molecule is CCc1cc(C)cc(CC)c1C1C(=O)C2C[C]C(C#N)C2C1=O. The highest BCUT2D eigenvalue weighted by molar-refractivity contribution is 6.17. The lowest BCUT2D eigenvalue weighted by molar-refractivity contribution is -0.125. The topological polar surface area (TPSA) is 57.9 Å². The van der Waals surface area contributed by atoms with Gasteiger partial charge in [0.05, 0.1) is 12.0 Å². The lowest BCUT2D eigenvalue weighted by Gasteiger charge is -2.20. The molecule has 0 aromatic heterocycles. The van der Waals surface area contributed by atoms with Crippen molar-refractivity contribution in [1.29, 1.82) is 5.26 Å². The lowest BCUT2D eigenvalue weighted by atomic mass is 9.82. The maximum Gasteiger partial charge on any atom is 0.152 e. The van der Waals surface area contributed by atoms with Gasteiger partial charge in [0.2, 0.25) is 0 Å². The number of carbonyl (C=O) groups is 2. The molecule has 0 N–H and O–H groups in total. The van der Waals surface area contributed by atoms with Gasteiger partial charge in [-0.25, -0.2) is 0 Å². The molecule has 2 saturated carbocycles. The lowest BCUT2D eigenvalue weighted by Crippen LogP contribution is -2.22. The van der Waals surface area contributed by atoms with E-state index < -0.39 is 17.8 Å². The number of rotatable bonds is 3. The number of Topliss-reactive ketones (excluding diaryl/α,β-unsaturated/α-hetero) is 2. The largest absolute Gasteiger partial charge is 0.298 e. The number of carbonyl (C=O) groups excluding carboxylic acids is 2. The van der Waals surface area contributed by atoms with Crippen molar-refractivity contribution in [2.45, 2.75) is 46.0 Å². The summed E-state index contributed by atoms with van der Waals surface area (Å²) in [5.41, 5.74) is 4.27. The fraction of sp³-hybridized carbons (Fsp3) is 0.500. The number of aryl methyl sites for hydroxylation is 3. The van der Waals surface area contributed by atoms with Gasteiger partial charge in [-0.2, -0.15) is 5.26 Å². The average molecular weight is 307 g/mol. The van der Waals surface area contributed by atoms with E-state index in [4.69, 9.17) is 0 Å². The van der Waals surface area contributed by atoms with Gasteiger partial charge in [-0.05, 0) is 42.9 Å². The van der Waals surface area contributed by atoms with Crippen LogP contribution in [0.4, 0.5) is 0 Å². The fourth-order valence-electron chi connectivity index (χ4n) is 4.25. The second-order valence-electron chi connectivity index (χ2n) is 6.59. The highest BCUT2D eigenvalue weighted by Crippen LogP contribution is 2.49. The first-order chi connectivity index (χ1) is 11.0. The molecule has 118 valence electrons. The van der Waals surface area contributed by atoms with E-state index in [1.165, 1.54) is 0 Å². The minimum atomic E-state index is -0.673. The standard InChI is InChI=1S/C20H21NO2/c1-4-12-8-11(3)9-13(5-2)16(12)18-19(22)15-7-6-14(10-21)17(15)20(18)23/h8-9,14-15,17-18H,4-5,7H2,1-3H3. The summed E-state index contributed by atoms with van der Waals surface area (Å²) in [5.74, 6) is -2.08. The first-order valence-corrected chi connectivity index (χ1v) is 8.36. The zero-order valence-electron chi connectivity index (χ0n) is 13.8. The molecule has 1 aromatic rings. The Balaban J connectivity index is 2.12. The van der Waals surface area contributed by atoms with Crippen LogP contribution in [-0.2, 0) is 22.4 Å². The van der Waals surface area contributed by atoms with E-state index in [9.17, 15) is 14.9 Å². The van der Waals surface area contributed by atoms with Gasteiger partial charge in [-0.3, -0.25) is 9.59 Å². The van der Waals surface area contributed by atoms with Gasteiger partial charge in [0.1, 0.15) is 5.92 Å².